The lowest BCUT2D eigenvalue weighted by atomic mass is 9.92. The molecule has 3 unspecified atom stereocenters. The summed E-state index contributed by atoms with van der Waals surface area (Å²) in [6, 6.07) is 14.4. The number of halogens is 3. The average Bonchev–Trinajstić information content (AvgIpc) is 3.35. The van der Waals surface area contributed by atoms with Crippen molar-refractivity contribution in [2.75, 3.05) is 13.2 Å². The van der Waals surface area contributed by atoms with Crippen LogP contribution in [0.15, 0.2) is 48.5 Å². The Morgan fingerprint density at radius 2 is 1.69 bits per heavy atom. The number of amides is 1. The molecule has 0 spiro atoms. The maximum atomic E-state index is 13.4. The Hall–Kier alpha value is -2.54. The van der Waals surface area contributed by atoms with Crippen molar-refractivity contribution >= 4 is 6.09 Å². The van der Waals surface area contributed by atoms with Crippen LogP contribution in [0.2, 0.25) is 0 Å². The first-order chi connectivity index (χ1) is 13.8. The molecule has 7 heteroatoms. The molecule has 1 aliphatic heterocycles. The van der Waals surface area contributed by atoms with Gasteiger partial charge in [0, 0.05) is 12.5 Å². The Morgan fingerprint density at radius 1 is 1.10 bits per heavy atom. The van der Waals surface area contributed by atoms with Gasteiger partial charge in [-0.25, -0.2) is 4.79 Å². The van der Waals surface area contributed by atoms with E-state index in [1.807, 2.05) is 48.5 Å². The summed E-state index contributed by atoms with van der Waals surface area (Å²) >= 11 is 0. The first-order valence-electron chi connectivity index (χ1n) is 9.70. The van der Waals surface area contributed by atoms with Crippen molar-refractivity contribution in [3.8, 4) is 11.1 Å². The summed E-state index contributed by atoms with van der Waals surface area (Å²) in [5.74, 6) is -0.514. The van der Waals surface area contributed by atoms with Crippen LogP contribution in [0.4, 0.5) is 18.0 Å². The van der Waals surface area contributed by atoms with Crippen LogP contribution in [0.25, 0.3) is 11.1 Å². The summed E-state index contributed by atoms with van der Waals surface area (Å²) in [6.07, 6.45) is -5.76. The lowest BCUT2D eigenvalue weighted by Crippen LogP contribution is -2.60. The van der Waals surface area contributed by atoms with Gasteiger partial charge in [0.1, 0.15) is 6.61 Å². The molecular formula is C22H20F3NO3. The van der Waals surface area contributed by atoms with E-state index < -0.39 is 23.9 Å². The van der Waals surface area contributed by atoms with Crippen LogP contribution < -0.4 is 0 Å². The van der Waals surface area contributed by atoms with Gasteiger partial charge in [0.15, 0.2) is 5.60 Å². The number of hydrogen-bond acceptors (Lipinski definition) is 3. The van der Waals surface area contributed by atoms with E-state index in [1.165, 1.54) is 0 Å². The van der Waals surface area contributed by atoms with E-state index in [2.05, 4.69) is 0 Å². The second-order valence-corrected chi connectivity index (χ2v) is 8.20. The molecular weight excluding hydrogens is 383 g/mol. The molecule has 0 aromatic heterocycles. The Morgan fingerprint density at radius 3 is 2.24 bits per heavy atom. The molecule has 2 fully saturated rings. The lowest BCUT2D eigenvalue weighted by Gasteiger charge is -2.40. The summed E-state index contributed by atoms with van der Waals surface area (Å²) in [5, 5.41) is 10.2. The van der Waals surface area contributed by atoms with Gasteiger partial charge in [-0.2, -0.15) is 13.2 Å². The monoisotopic (exact) mass is 403 g/mol. The highest BCUT2D eigenvalue weighted by Crippen LogP contribution is 2.52. The van der Waals surface area contributed by atoms with Gasteiger partial charge >= 0.3 is 12.3 Å². The minimum absolute atomic E-state index is 0.0468. The molecule has 1 amide bonds. The van der Waals surface area contributed by atoms with Gasteiger partial charge in [0.2, 0.25) is 0 Å². The van der Waals surface area contributed by atoms with Gasteiger partial charge in [-0.15, -0.1) is 0 Å². The number of aliphatic hydroxyl groups is 1. The van der Waals surface area contributed by atoms with Gasteiger partial charge in [0.05, 0.1) is 6.04 Å². The minimum Gasteiger partial charge on any atom is -0.448 e. The predicted octanol–water partition coefficient (Wildman–Crippen LogP) is 4.32. The van der Waals surface area contributed by atoms with Gasteiger partial charge < -0.3 is 14.7 Å². The third kappa shape index (κ3) is 2.67. The molecule has 2 aromatic rings. The first kappa shape index (κ1) is 18.5. The Bertz CT molecular complexity index is 930. The van der Waals surface area contributed by atoms with E-state index in [1.54, 1.807) is 0 Å². The molecule has 5 rings (SSSR count). The average molecular weight is 403 g/mol. The van der Waals surface area contributed by atoms with Crippen molar-refractivity contribution in [3.05, 3.63) is 59.7 Å². The standard InChI is InChI=1S/C22H20F3NO3/c23-22(24,25)21(28)10-13-9-19(21)26(11-13)20(27)29-12-18-16-7-3-1-5-14(16)15-6-2-4-8-17(15)18/h1-8,13,18-19,28H,9-12H2. The number of fused-ring (bicyclic) bond motifs is 5. The number of carbonyl (C=O) groups excluding carboxylic acids is 1. The molecule has 2 aromatic carbocycles. The molecule has 1 N–H and O–H groups in total. The molecule has 4 nitrogen and oxygen atoms in total. The van der Waals surface area contributed by atoms with Crippen LogP contribution in [0, 0.1) is 5.92 Å². The highest BCUT2D eigenvalue weighted by Gasteiger charge is 2.68. The van der Waals surface area contributed by atoms with Crippen molar-refractivity contribution in [2.24, 2.45) is 5.92 Å². The zero-order valence-corrected chi connectivity index (χ0v) is 15.5. The highest BCUT2D eigenvalue weighted by molar-refractivity contribution is 5.79. The lowest BCUT2D eigenvalue weighted by molar-refractivity contribution is -0.277. The number of benzene rings is 2. The SMILES string of the molecule is O=C(OCC1c2ccccc2-c2ccccc21)N1CC2CC1C(O)(C(F)(F)F)C2. The second-order valence-electron chi connectivity index (χ2n) is 8.20. The van der Waals surface area contributed by atoms with Crippen molar-refractivity contribution in [1.82, 2.24) is 4.90 Å². The van der Waals surface area contributed by atoms with Crippen LogP contribution in [0.3, 0.4) is 0 Å². The van der Waals surface area contributed by atoms with E-state index in [0.29, 0.717) is 0 Å². The van der Waals surface area contributed by atoms with Crippen molar-refractivity contribution in [1.29, 1.82) is 0 Å². The molecule has 0 radical (unpaired) electrons. The van der Waals surface area contributed by atoms with Crippen LogP contribution in [0.5, 0.6) is 0 Å². The van der Waals surface area contributed by atoms with E-state index in [4.69, 9.17) is 4.74 Å². The number of alkyl halides is 3. The van der Waals surface area contributed by atoms with Crippen LogP contribution in [0.1, 0.15) is 29.9 Å². The van der Waals surface area contributed by atoms with Crippen molar-refractivity contribution in [2.45, 2.75) is 36.6 Å². The largest absolute Gasteiger partial charge is 0.448 e. The van der Waals surface area contributed by atoms with Crippen molar-refractivity contribution in [3.63, 3.8) is 0 Å². The number of rotatable bonds is 2. The third-order valence-corrected chi connectivity index (χ3v) is 6.60. The van der Waals surface area contributed by atoms with E-state index >= 15 is 0 Å². The Balaban J connectivity index is 1.35. The summed E-state index contributed by atoms with van der Waals surface area (Å²) in [7, 11) is 0. The summed E-state index contributed by atoms with van der Waals surface area (Å²) in [5.41, 5.74) is 1.39. The predicted molar refractivity (Wildman–Crippen MR) is 99.3 cm³/mol. The number of ether oxygens (including phenoxy) is 1. The van der Waals surface area contributed by atoms with E-state index in [0.717, 1.165) is 27.2 Å². The molecule has 29 heavy (non-hydrogen) atoms. The minimum atomic E-state index is -4.77. The smallest absolute Gasteiger partial charge is 0.419 e. The second kappa shape index (κ2) is 6.23. The zero-order valence-electron chi connectivity index (χ0n) is 15.5. The quantitative estimate of drug-likeness (QED) is 0.813. The maximum absolute atomic E-state index is 13.4. The summed E-state index contributed by atoms with van der Waals surface area (Å²) in [4.78, 5) is 13.7. The fraction of sp³-hybridized carbons (Fsp3) is 0.409. The molecule has 2 aliphatic carbocycles. The number of piperidine rings is 1. The summed E-state index contributed by atoms with van der Waals surface area (Å²) in [6.45, 7) is 0.241. The number of nitrogens with zero attached hydrogens (tertiary/aromatic N) is 1. The molecule has 3 aliphatic rings. The zero-order chi connectivity index (χ0) is 20.4. The van der Waals surface area contributed by atoms with Crippen molar-refractivity contribution < 1.29 is 27.8 Å². The van der Waals surface area contributed by atoms with Gasteiger partial charge in [-0.3, -0.25) is 0 Å². The Kier molecular flexibility index (Phi) is 3.97. The van der Waals surface area contributed by atoms with Gasteiger partial charge in [-0.05, 0) is 41.0 Å². The maximum Gasteiger partial charge on any atom is 0.419 e. The third-order valence-electron chi connectivity index (χ3n) is 6.60. The van der Waals surface area contributed by atoms with E-state index in [9.17, 15) is 23.1 Å². The van der Waals surface area contributed by atoms with E-state index in [-0.39, 0.29) is 37.8 Å². The normalized spacial score (nSPS) is 27.8. The van der Waals surface area contributed by atoms with Crippen LogP contribution in [-0.4, -0.2) is 47.1 Å². The molecule has 3 atom stereocenters. The topological polar surface area (TPSA) is 49.8 Å². The molecule has 1 saturated heterocycles. The fourth-order valence-electron chi connectivity index (χ4n) is 5.28. The first-order valence-corrected chi connectivity index (χ1v) is 9.70. The molecule has 2 bridgehead atoms. The summed E-state index contributed by atoms with van der Waals surface area (Å²) < 4.78 is 45.6. The van der Waals surface area contributed by atoms with Crippen LogP contribution in [-0.2, 0) is 4.74 Å². The van der Waals surface area contributed by atoms with Gasteiger partial charge in [0.25, 0.3) is 0 Å². The molecule has 152 valence electrons. The molecule has 1 heterocycles. The number of carbonyl (C=O) groups is 1. The number of likely N-dealkylation sites (tertiary alicyclic amines) is 1. The number of hydrogen-bond donors (Lipinski definition) is 1. The molecule has 1 saturated carbocycles. The fourth-order valence-corrected chi connectivity index (χ4v) is 5.28. The van der Waals surface area contributed by atoms with Gasteiger partial charge in [-0.1, -0.05) is 48.5 Å². The Labute approximate surface area is 165 Å². The van der Waals surface area contributed by atoms with Crippen LogP contribution >= 0.6 is 0 Å². The highest BCUT2D eigenvalue weighted by atomic mass is 19.4.